The first-order valence-corrected chi connectivity index (χ1v) is 20.6. The summed E-state index contributed by atoms with van der Waals surface area (Å²) in [5.41, 5.74) is 3.91. The maximum absolute atomic E-state index is 16.1. The van der Waals surface area contributed by atoms with Crippen molar-refractivity contribution in [1.29, 1.82) is 0 Å². The number of methoxy groups -OCH3 is 2. The summed E-state index contributed by atoms with van der Waals surface area (Å²) in [4.78, 5) is 5.51. The van der Waals surface area contributed by atoms with Crippen molar-refractivity contribution in [2.45, 2.75) is 23.5 Å². The van der Waals surface area contributed by atoms with Crippen molar-refractivity contribution >= 4 is 38.3 Å². The standard InChI is InChI=1S/C42H35ClF2N6O5S2/c1-54-32-15-13-29(38(20-32)55-2)23-50(42-46-26-48-57-42)58(52,53)40-22-34(44)39(21-35(40)45)56-37-16-14-30(43)19-33(37)36-17-18-47-51(36)31-24-49(25-31)41(27-9-5-3-6-10-27)28-11-7-4-8-12-28/h3-22,26,31,41H,23-25H2,1-2H3. The van der Waals surface area contributed by atoms with Gasteiger partial charge in [-0.15, -0.1) is 0 Å². The first kappa shape index (κ1) is 39.0. The minimum Gasteiger partial charge on any atom is -0.497 e. The monoisotopic (exact) mass is 840 g/mol. The molecule has 5 aromatic carbocycles. The van der Waals surface area contributed by atoms with Gasteiger partial charge < -0.3 is 14.2 Å². The molecular weight excluding hydrogens is 806 g/mol. The predicted octanol–water partition coefficient (Wildman–Crippen LogP) is 9.18. The fraction of sp³-hybridized carbons (Fsp3) is 0.167. The summed E-state index contributed by atoms with van der Waals surface area (Å²) >= 11 is 7.26. The molecule has 1 fully saturated rings. The molecule has 7 aromatic rings. The fourth-order valence-corrected chi connectivity index (χ4v) is 9.40. The highest BCUT2D eigenvalue weighted by molar-refractivity contribution is 7.93. The van der Waals surface area contributed by atoms with E-state index >= 15 is 8.78 Å². The van der Waals surface area contributed by atoms with Crippen molar-refractivity contribution < 1.29 is 31.4 Å². The van der Waals surface area contributed by atoms with E-state index in [-0.39, 0.29) is 29.5 Å². The molecule has 0 aliphatic carbocycles. The summed E-state index contributed by atoms with van der Waals surface area (Å²) in [7, 11) is -1.86. The molecule has 0 unspecified atom stereocenters. The van der Waals surface area contributed by atoms with Crippen molar-refractivity contribution in [3.63, 3.8) is 0 Å². The molecule has 2 aromatic heterocycles. The van der Waals surface area contributed by atoms with Crippen LogP contribution in [0, 0.1) is 11.6 Å². The third-order valence-corrected chi connectivity index (χ3v) is 12.7. The molecule has 0 atom stereocenters. The Hall–Kier alpha value is -5.87. The highest BCUT2D eigenvalue weighted by Crippen LogP contribution is 2.42. The van der Waals surface area contributed by atoms with Crippen LogP contribution < -0.4 is 18.5 Å². The lowest BCUT2D eigenvalue weighted by molar-refractivity contribution is 0.0691. The van der Waals surface area contributed by atoms with Gasteiger partial charge >= 0.3 is 0 Å². The number of sulfonamides is 1. The second kappa shape index (κ2) is 16.5. The van der Waals surface area contributed by atoms with Gasteiger partial charge in [0.1, 0.15) is 34.3 Å². The van der Waals surface area contributed by atoms with Gasteiger partial charge in [0.2, 0.25) is 5.13 Å². The smallest absolute Gasteiger partial charge is 0.269 e. The van der Waals surface area contributed by atoms with Crippen molar-refractivity contribution in [2.75, 3.05) is 31.6 Å². The van der Waals surface area contributed by atoms with E-state index in [1.807, 2.05) is 41.1 Å². The molecule has 8 rings (SSSR count). The van der Waals surface area contributed by atoms with Gasteiger partial charge in [0.25, 0.3) is 10.0 Å². The van der Waals surface area contributed by atoms with Gasteiger partial charge in [-0.25, -0.2) is 26.5 Å². The van der Waals surface area contributed by atoms with E-state index in [9.17, 15) is 8.42 Å². The van der Waals surface area contributed by atoms with Gasteiger partial charge in [-0.05, 0) is 47.5 Å². The largest absolute Gasteiger partial charge is 0.497 e. The minimum atomic E-state index is -4.76. The Bertz CT molecular complexity index is 2610. The molecule has 1 saturated heterocycles. The van der Waals surface area contributed by atoms with Gasteiger partial charge in [0.15, 0.2) is 11.6 Å². The maximum Gasteiger partial charge on any atom is 0.269 e. The number of rotatable bonds is 14. The van der Waals surface area contributed by atoms with Crippen LogP contribution in [-0.2, 0) is 16.6 Å². The van der Waals surface area contributed by atoms with Crippen LogP contribution in [0.4, 0.5) is 13.9 Å². The molecule has 0 amide bonds. The van der Waals surface area contributed by atoms with Crippen molar-refractivity contribution in [1.82, 2.24) is 24.0 Å². The molecule has 0 saturated carbocycles. The number of likely N-dealkylation sites (tertiary alicyclic amines) is 1. The number of hydrogen-bond donors (Lipinski definition) is 0. The van der Waals surface area contributed by atoms with Crippen LogP contribution in [0.25, 0.3) is 11.3 Å². The lowest BCUT2D eigenvalue weighted by atomic mass is 9.93. The number of aromatic nitrogens is 4. The zero-order valence-electron chi connectivity index (χ0n) is 31.1. The third kappa shape index (κ3) is 7.73. The first-order chi connectivity index (χ1) is 28.1. The number of nitrogens with zero attached hydrogens (tertiary/aromatic N) is 6. The topological polar surface area (TPSA) is 112 Å². The number of anilines is 1. The van der Waals surface area contributed by atoms with Crippen molar-refractivity contribution in [3.05, 3.63) is 161 Å². The molecule has 0 N–H and O–H groups in total. The van der Waals surface area contributed by atoms with E-state index in [2.05, 4.69) is 43.6 Å². The summed E-state index contributed by atoms with van der Waals surface area (Å²) < 4.78 is 83.7. The molecule has 296 valence electrons. The van der Waals surface area contributed by atoms with Gasteiger partial charge in [0, 0.05) is 65.2 Å². The molecule has 1 aliphatic rings. The van der Waals surface area contributed by atoms with E-state index in [0.717, 1.165) is 15.8 Å². The Morgan fingerprint density at radius 1 is 0.845 bits per heavy atom. The maximum atomic E-state index is 16.1. The Kier molecular flexibility index (Phi) is 11.1. The zero-order valence-corrected chi connectivity index (χ0v) is 33.5. The second-order valence-corrected chi connectivity index (χ2v) is 16.4. The van der Waals surface area contributed by atoms with Gasteiger partial charge in [-0.3, -0.25) is 9.58 Å². The van der Waals surface area contributed by atoms with Gasteiger partial charge in [-0.1, -0.05) is 72.3 Å². The van der Waals surface area contributed by atoms with Crippen LogP contribution in [0.15, 0.2) is 133 Å². The van der Waals surface area contributed by atoms with Crippen LogP contribution in [0.3, 0.4) is 0 Å². The van der Waals surface area contributed by atoms with Crippen LogP contribution in [0.5, 0.6) is 23.0 Å². The molecule has 11 nitrogen and oxygen atoms in total. The molecule has 0 radical (unpaired) electrons. The Morgan fingerprint density at radius 3 is 2.22 bits per heavy atom. The molecule has 0 bridgehead atoms. The van der Waals surface area contributed by atoms with Gasteiger partial charge in [-0.2, -0.15) is 9.47 Å². The summed E-state index contributed by atoms with van der Waals surface area (Å²) in [5.74, 6) is -1.94. The average Bonchev–Trinajstić information content (AvgIpc) is 3.94. The summed E-state index contributed by atoms with van der Waals surface area (Å²) in [5, 5.41) is 4.97. The van der Waals surface area contributed by atoms with E-state index in [1.54, 1.807) is 48.7 Å². The third-order valence-electron chi connectivity index (χ3n) is 9.87. The Balaban J connectivity index is 1.07. The van der Waals surface area contributed by atoms with Crippen molar-refractivity contribution in [2.24, 2.45) is 0 Å². The lowest BCUT2D eigenvalue weighted by Gasteiger charge is -2.45. The quantitative estimate of drug-likeness (QED) is 0.106. The second-order valence-electron chi connectivity index (χ2n) is 13.4. The predicted molar refractivity (Wildman–Crippen MR) is 217 cm³/mol. The van der Waals surface area contributed by atoms with Crippen LogP contribution >= 0.6 is 23.1 Å². The van der Waals surface area contributed by atoms with E-state index < -0.39 is 32.3 Å². The number of ether oxygens (including phenoxy) is 3. The van der Waals surface area contributed by atoms with E-state index in [0.29, 0.717) is 58.6 Å². The highest BCUT2D eigenvalue weighted by atomic mass is 35.5. The summed E-state index contributed by atoms with van der Waals surface area (Å²) in [6.45, 7) is 1.05. The lowest BCUT2D eigenvalue weighted by Crippen LogP contribution is -2.50. The molecule has 3 heterocycles. The summed E-state index contributed by atoms with van der Waals surface area (Å²) in [6.07, 6.45) is 2.84. The zero-order chi connectivity index (χ0) is 40.4. The SMILES string of the molecule is COc1ccc(CN(c2ncns2)S(=O)(=O)c2cc(F)c(Oc3ccc(Cl)cc3-c3ccnn3C3CN(C(c4ccccc4)c4ccccc4)C3)cc2F)c(OC)c1. The molecule has 0 spiro atoms. The Morgan fingerprint density at radius 2 is 1.57 bits per heavy atom. The molecule has 1 aliphatic heterocycles. The van der Waals surface area contributed by atoms with E-state index in [4.69, 9.17) is 25.8 Å². The van der Waals surface area contributed by atoms with E-state index in [1.165, 1.54) is 31.7 Å². The number of halogens is 3. The highest BCUT2D eigenvalue weighted by Gasteiger charge is 2.37. The first-order valence-electron chi connectivity index (χ1n) is 18.0. The van der Waals surface area contributed by atoms with Gasteiger partial charge in [0.05, 0.1) is 38.5 Å². The van der Waals surface area contributed by atoms with Crippen LogP contribution in [-0.4, -0.2) is 59.8 Å². The molecule has 58 heavy (non-hydrogen) atoms. The number of hydrogen-bond acceptors (Lipinski definition) is 10. The van der Waals surface area contributed by atoms with Crippen LogP contribution in [0.2, 0.25) is 5.02 Å². The Labute approximate surface area is 342 Å². The van der Waals surface area contributed by atoms with Crippen LogP contribution in [0.1, 0.15) is 28.8 Å². The number of benzene rings is 5. The summed E-state index contributed by atoms with van der Waals surface area (Å²) in [6, 6.07) is 33.4. The molecule has 16 heteroatoms. The average molecular weight is 841 g/mol. The fourth-order valence-electron chi connectivity index (χ4n) is 7.04. The molecular formula is C42H35ClF2N6O5S2. The van der Waals surface area contributed by atoms with Crippen molar-refractivity contribution in [3.8, 4) is 34.3 Å². The normalized spacial score (nSPS) is 13.3. The minimum absolute atomic E-state index is 0.0145.